The van der Waals surface area contributed by atoms with E-state index in [0.717, 1.165) is 61.9 Å². The number of benzene rings is 1. The van der Waals surface area contributed by atoms with Crippen molar-refractivity contribution in [1.82, 2.24) is 19.6 Å². The van der Waals surface area contributed by atoms with E-state index in [2.05, 4.69) is 92.8 Å². The van der Waals surface area contributed by atoms with E-state index in [1.54, 1.807) is 4.95 Å². The van der Waals surface area contributed by atoms with Gasteiger partial charge in [-0.3, -0.25) is 0 Å². The molecule has 1 unspecified atom stereocenters. The maximum Gasteiger partial charge on any atom is 0.144 e. The van der Waals surface area contributed by atoms with Crippen molar-refractivity contribution in [2.24, 2.45) is 5.41 Å². The Morgan fingerprint density at radius 3 is 2.80 bits per heavy atom. The van der Waals surface area contributed by atoms with Crippen LogP contribution in [0, 0.1) is 5.41 Å². The van der Waals surface area contributed by atoms with E-state index in [9.17, 15) is 0 Å². The first-order chi connectivity index (χ1) is 19.7. The van der Waals surface area contributed by atoms with Crippen LogP contribution >= 0.6 is 7.69 Å². The smallest absolute Gasteiger partial charge is 0.144 e. The summed E-state index contributed by atoms with van der Waals surface area (Å²) in [5.41, 5.74) is 7.44. The van der Waals surface area contributed by atoms with Crippen molar-refractivity contribution in [3.8, 4) is 5.75 Å². The molecule has 218 valence electrons. The van der Waals surface area contributed by atoms with Crippen LogP contribution in [0.1, 0.15) is 87.2 Å². The van der Waals surface area contributed by atoms with Gasteiger partial charge < -0.3 is 19.3 Å². The molecule has 0 radical (unpaired) electrons. The largest absolute Gasteiger partial charge is 0.491 e. The van der Waals surface area contributed by atoms with Crippen LogP contribution in [0.4, 0.5) is 5.82 Å². The number of rotatable bonds is 7. The van der Waals surface area contributed by atoms with Crippen molar-refractivity contribution in [2.75, 3.05) is 32.1 Å². The first-order valence-corrected chi connectivity index (χ1v) is 16.8. The summed E-state index contributed by atoms with van der Waals surface area (Å²) in [6, 6.07) is 6.72. The second kappa shape index (κ2) is 11.5. The molecule has 1 saturated carbocycles. The highest BCUT2D eigenvalue weighted by Gasteiger charge is 2.32. The standard InChI is InChI=1S/C34H46N5OP/c1-7-9-31-29(37-41(31)26-11-12-26)19-23(8-2)24-10-13-30-25(18-24)21-39(16-17-40-30)33-27-20-34(3,4)15-14-28(27)35-32(36-33)22-38(5)6/h8-10,13,18-19,26,37H,7,11-12,14-17,20-22H2,1-6H3/b23-8+,29-19+,31-9-. The lowest BCUT2D eigenvalue weighted by Crippen LogP contribution is -2.33. The molecule has 1 aliphatic heterocycles. The zero-order chi connectivity index (χ0) is 28.7. The molecule has 2 aromatic heterocycles. The van der Waals surface area contributed by atoms with E-state index in [-0.39, 0.29) is 13.1 Å². The van der Waals surface area contributed by atoms with Gasteiger partial charge in [0.15, 0.2) is 0 Å². The molecule has 6 rings (SSSR count). The summed E-state index contributed by atoms with van der Waals surface area (Å²) in [7, 11) is 4.03. The Bertz CT molecular complexity index is 1570. The molecular formula is C34H46N5OP. The molecule has 41 heavy (non-hydrogen) atoms. The first kappa shape index (κ1) is 28.3. The number of aromatic nitrogens is 3. The van der Waals surface area contributed by atoms with Crippen molar-refractivity contribution in [3.63, 3.8) is 0 Å². The quantitative estimate of drug-likeness (QED) is 0.367. The number of allylic oxidation sites excluding steroid dienone is 2. The summed E-state index contributed by atoms with van der Waals surface area (Å²) < 4.78 is 10.1. The SMILES string of the molecule is C\C=C(/C=c1/[nH]p(C2CC2)/c1=C\CC)c1ccc2c(c1)CN(c1nc(CN(C)C)nc3c1CC(C)(C)CC3)CCO2. The first-order valence-electron chi connectivity index (χ1n) is 15.4. The number of nitrogens with zero attached hydrogens (tertiary/aromatic N) is 4. The summed E-state index contributed by atoms with van der Waals surface area (Å²) >= 11 is 0. The van der Waals surface area contributed by atoms with E-state index in [1.807, 2.05) is 0 Å². The molecule has 1 atom stereocenters. The van der Waals surface area contributed by atoms with E-state index < -0.39 is 0 Å². The van der Waals surface area contributed by atoms with Gasteiger partial charge in [0.05, 0.1) is 18.4 Å². The van der Waals surface area contributed by atoms with Gasteiger partial charge in [-0.05, 0) is 102 Å². The monoisotopic (exact) mass is 571 g/mol. The number of nitrogens with one attached hydrogen (secondary N) is 1. The fourth-order valence-electron chi connectivity index (χ4n) is 6.29. The molecule has 3 aliphatic rings. The fourth-order valence-corrected chi connectivity index (χ4v) is 8.69. The fraction of sp³-hybridized carbons (Fsp3) is 0.529. The number of fused-ring (bicyclic) bond motifs is 2. The Morgan fingerprint density at radius 2 is 2.07 bits per heavy atom. The van der Waals surface area contributed by atoms with Crippen LogP contribution in [0.5, 0.6) is 5.75 Å². The molecule has 1 N–H and O–H groups in total. The van der Waals surface area contributed by atoms with Gasteiger partial charge in [-0.15, -0.1) is 0 Å². The average molecular weight is 572 g/mol. The van der Waals surface area contributed by atoms with Gasteiger partial charge in [-0.1, -0.05) is 39.0 Å². The van der Waals surface area contributed by atoms with Crippen molar-refractivity contribution in [2.45, 2.75) is 85.0 Å². The minimum absolute atomic E-state index is 0.148. The summed E-state index contributed by atoms with van der Waals surface area (Å²) in [4.78, 5) is 16.4. The maximum atomic E-state index is 6.31. The molecule has 3 heterocycles. The minimum atomic E-state index is -0.148. The Kier molecular flexibility index (Phi) is 7.91. The maximum absolute atomic E-state index is 6.31. The topological polar surface area (TPSA) is 57.3 Å². The molecule has 3 aromatic rings. The molecule has 7 heteroatoms. The molecule has 1 fully saturated rings. The van der Waals surface area contributed by atoms with Crippen LogP contribution in [0.25, 0.3) is 17.7 Å². The van der Waals surface area contributed by atoms with Crippen LogP contribution in [0.15, 0.2) is 24.3 Å². The molecule has 0 bridgehead atoms. The lowest BCUT2D eigenvalue weighted by atomic mass is 9.76. The van der Waals surface area contributed by atoms with Gasteiger partial charge in [0.1, 0.15) is 24.0 Å². The molecule has 0 spiro atoms. The summed E-state index contributed by atoms with van der Waals surface area (Å²) in [6.45, 7) is 12.1. The second-order valence-corrected chi connectivity index (χ2v) is 15.2. The van der Waals surface area contributed by atoms with Crippen LogP contribution in [-0.4, -0.2) is 46.9 Å². The second-order valence-electron chi connectivity index (χ2n) is 13.1. The lowest BCUT2D eigenvalue weighted by Gasteiger charge is -2.34. The van der Waals surface area contributed by atoms with Crippen molar-refractivity contribution in [1.29, 1.82) is 0 Å². The lowest BCUT2D eigenvalue weighted by molar-refractivity contribution is 0.308. The number of hydrogen-bond donors (Lipinski definition) is 1. The number of anilines is 1. The summed E-state index contributed by atoms with van der Waals surface area (Å²) in [5, 5.41) is 1.31. The van der Waals surface area contributed by atoms with Gasteiger partial charge >= 0.3 is 0 Å². The van der Waals surface area contributed by atoms with E-state index in [4.69, 9.17) is 14.7 Å². The summed E-state index contributed by atoms with van der Waals surface area (Å²) in [6.07, 6.45) is 14.1. The molecule has 6 nitrogen and oxygen atoms in total. The third kappa shape index (κ3) is 6.05. The highest BCUT2D eigenvalue weighted by molar-refractivity contribution is 7.46. The molecule has 1 aromatic carbocycles. The molecule has 0 saturated heterocycles. The Balaban J connectivity index is 1.35. The third-order valence-electron chi connectivity index (χ3n) is 8.64. The van der Waals surface area contributed by atoms with E-state index in [1.165, 1.54) is 52.6 Å². The van der Waals surface area contributed by atoms with Gasteiger partial charge in [-0.25, -0.2) is 9.97 Å². The van der Waals surface area contributed by atoms with E-state index >= 15 is 0 Å². The zero-order valence-electron chi connectivity index (χ0n) is 25.8. The predicted octanol–water partition coefficient (Wildman–Crippen LogP) is 6.18. The Morgan fingerprint density at radius 1 is 1.24 bits per heavy atom. The van der Waals surface area contributed by atoms with Gasteiger partial charge in [0, 0.05) is 34.0 Å². The van der Waals surface area contributed by atoms with Crippen molar-refractivity contribution in [3.05, 3.63) is 62.8 Å². The molecule has 2 aliphatic carbocycles. The third-order valence-corrected chi connectivity index (χ3v) is 11.3. The minimum Gasteiger partial charge on any atom is -0.491 e. The summed E-state index contributed by atoms with van der Waals surface area (Å²) in [5.74, 6) is 3.01. The van der Waals surface area contributed by atoms with Crippen LogP contribution in [-0.2, 0) is 25.9 Å². The highest BCUT2D eigenvalue weighted by Crippen LogP contribution is 2.51. The number of ether oxygens (including phenoxy) is 1. The zero-order valence-corrected chi connectivity index (χ0v) is 26.7. The van der Waals surface area contributed by atoms with E-state index in [0.29, 0.717) is 6.61 Å². The molecule has 0 amide bonds. The van der Waals surface area contributed by atoms with Crippen LogP contribution in [0.2, 0.25) is 0 Å². The van der Waals surface area contributed by atoms with Crippen molar-refractivity contribution >= 4 is 31.2 Å². The highest BCUT2D eigenvalue weighted by atomic mass is 31.1. The number of aromatic amines is 1. The number of H-pyrrole nitrogens is 1. The average Bonchev–Trinajstić information content (AvgIpc) is 3.77. The van der Waals surface area contributed by atoms with Gasteiger partial charge in [0.2, 0.25) is 0 Å². The number of hydrogen-bond acceptors (Lipinski definition) is 5. The Labute approximate surface area is 246 Å². The van der Waals surface area contributed by atoms with Gasteiger partial charge in [0.25, 0.3) is 0 Å². The predicted molar refractivity (Wildman–Crippen MR) is 172 cm³/mol. The van der Waals surface area contributed by atoms with Crippen LogP contribution < -0.4 is 19.9 Å². The Hall–Kier alpha value is -2.82. The normalized spacial score (nSPS) is 20.2. The van der Waals surface area contributed by atoms with Crippen molar-refractivity contribution < 1.29 is 4.74 Å². The number of aryl methyl sites for hydroxylation is 1. The van der Waals surface area contributed by atoms with Gasteiger partial charge in [-0.2, -0.15) is 0 Å². The van der Waals surface area contributed by atoms with Crippen LogP contribution in [0.3, 0.4) is 0 Å². The molecular weight excluding hydrogens is 525 g/mol.